The molecule has 0 bridgehead atoms. The normalized spacial score (nSPS) is 22.8. The molecule has 19 heavy (non-hydrogen) atoms. The Labute approximate surface area is 116 Å². The number of hydrogen-bond donors (Lipinski definition) is 1. The van der Waals surface area contributed by atoms with Crippen molar-refractivity contribution in [3.05, 3.63) is 29.8 Å². The molecule has 1 aliphatic rings. The molecule has 1 aromatic carbocycles. The number of benzene rings is 1. The Morgan fingerprint density at radius 3 is 2.89 bits per heavy atom. The fraction of sp³-hybridized carbons (Fsp3) is 0.625. The lowest BCUT2D eigenvalue weighted by atomic mass is 10.0. The zero-order valence-corrected chi connectivity index (χ0v) is 12.1. The van der Waals surface area contributed by atoms with E-state index in [0.29, 0.717) is 0 Å². The largest absolute Gasteiger partial charge is 0.496 e. The van der Waals surface area contributed by atoms with Crippen LogP contribution in [0.3, 0.4) is 0 Å². The first-order valence-electron chi connectivity index (χ1n) is 7.31. The van der Waals surface area contributed by atoms with Crippen LogP contribution in [0.5, 0.6) is 5.75 Å². The van der Waals surface area contributed by atoms with Gasteiger partial charge >= 0.3 is 0 Å². The molecule has 3 heteroatoms. The van der Waals surface area contributed by atoms with Crippen LogP contribution in [0.2, 0.25) is 0 Å². The van der Waals surface area contributed by atoms with E-state index in [2.05, 4.69) is 17.9 Å². The molecule has 2 unspecified atom stereocenters. The van der Waals surface area contributed by atoms with Crippen molar-refractivity contribution in [3.63, 3.8) is 0 Å². The lowest BCUT2D eigenvalue weighted by molar-refractivity contribution is 0.262. The minimum absolute atomic E-state index is 0.0320. The first-order valence-corrected chi connectivity index (χ1v) is 7.31. The molecule has 106 valence electrons. The molecule has 1 aromatic rings. The molecule has 0 amide bonds. The zero-order chi connectivity index (χ0) is 13.7. The highest BCUT2D eigenvalue weighted by molar-refractivity contribution is 5.35. The summed E-state index contributed by atoms with van der Waals surface area (Å²) in [5.74, 6) is 1.76. The lowest BCUT2D eigenvalue weighted by Gasteiger charge is -2.25. The highest BCUT2D eigenvalue weighted by Gasteiger charge is 2.18. The number of nitrogens with zero attached hydrogens (tertiary/aromatic N) is 1. The number of likely N-dealkylation sites (tertiary alicyclic amines) is 1. The van der Waals surface area contributed by atoms with E-state index in [1.165, 1.54) is 32.4 Å². The van der Waals surface area contributed by atoms with E-state index < -0.39 is 0 Å². The van der Waals surface area contributed by atoms with E-state index >= 15 is 0 Å². The number of methoxy groups -OCH3 is 1. The Balaban J connectivity index is 1.98. The summed E-state index contributed by atoms with van der Waals surface area (Å²) in [5, 5.41) is 0. The van der Waals surface area contributed by atoms with Crippen LogP contribution in [0.4, 0.5) is 0 Å². The van der Waals surface area contributed by atoms with Gasteiger partial charge in [0.15, 0.2) is 0 Å². The Hall–Kier alpha value is -1.06. The van der Waals surface area contributed by atoms with Crippen LogP contribution in [0.25, 0.3) is 0 Å². The second-order valence-electron chi connectivity index (χ2n) is 5.69. The van der Waals surface area contributed by atoms with Gasteiger partial charge < -0.3 is 15.4 Å². The predicted molar refractivity (Wildman–Crippen MR) is 79.4 cm³/mol. The van der Waals surface area contributed by atoms with E-state index in [0.717, 1.165) is 23.8 Å². The van der Waals surface area contributed by atoms with Crippen LogP contribution < -0.4 is 10.5 Å². The number of para-hydroxylation sites is 1. The smallest absolute Gasteiger partial charge is 0.123 e. The van der Waals surface area contributed by atoms with Gasteiger partial charge in [-0.25, -0.2) is 0 Å². The van der Waals surface area contributed by atoms with Crippen molar-refractivity contribution in [2.24, 2.45) is 11.7 Å². The molecule has 0 saturated carbocycles. The topological polar surface area (TPSA) is 38.5 Å². The Kier molecular flexibility index (Phi) is 5.23. The van der Waals surface area contributed by atoms with Crippen molar-refractivity contribution in [1.82, 2.24) is 4.90 Å². The van der Waals surface area contributed by atoms with Crippen LogP contribution in [0, 0.1) is 5.92 Å². The van der Waals surface area contributed by atoms with Crippen molar-refractivity contribution in [2.45, 2.75) is 32.2 Å². The van der Waals surface area contributed by atoms with E-state index in [4.69, 9.17) is 10.5 Å². The third-order valence-corrected chi connectivity index (χ3v) is 4.10. The van der Waals surface area contributed by atoms with E-state index in [1.54, 1.807) is 7.11 Å². The second-order valence-corrected chi connectivity index (χ2v) is 5.69. The monoisotopic (exact) mass is 262 g/mol. The summed E-state index contributed by atoms with van der Waals surface area (Å²) >= 11 is 0. The molecule has 3 nitrogen and oxygen atoms in total. The van der Waals surface area contributed by atoms with Gasteiger partial charge in [-0.2, -0.15) is 0 Å². The number of ether oxygens (including phenoxy) is 1. The van der Waals surface area contributed by atoms with Gasteiger partial charge in [0.05, 0.1) is 7.11 Å². The van der Waals surface area contributed by atoms with E-state index in [-0.39, 0.29) is 6.04 Å². The molecule has 0 spiro atoms. The lowest BCUT2D eigenvalue weighted by Crippen LogP contribution is -2.33. The van der Waals surface area contributed by atoms with Crippen LogP contribution in [0.1, 0.15) is 37.8 Å². The second kappa shape index (κ2) is 6.92. The third-order valence-electron chi connectivity index (χ3n) is 4.10. The maximum atomic E-state index is 6.37. The molecule has 2 atom stereocenters. The molecule has 2 rings (SSSR count). The molecule has 0 aliphatic carbocycles. The summed E-state index contributed by atoms with van der Waals surface area (Å²) < 4.78 is 5.40. The first-order chi connectivity index (χ1) is 9.20. The molecule has 1 heterocycles. The average molecular weight is 262 g/mol. The summed E-state index contributed by atoms with van der Waals surface area (Å²) in [7, 11) is 1.71. The molecule has 0 radical (unpaired) electrons. The fourth-order valence-corrected chi connectivity index (χ4v) is 2.85. The zero-order valence-electron chi connectivity index (χ0n) is 12.1. The molecular weight excluding hydrogens is 236 g/mol. The van der Waals surface area contributed by atoms with Gasteiger partial charge in [-0.15, -0.1) is 0 Å². The maximum absolute atomic E-state index is 6.37. The maximum Gasteiger partial charge on any atom is 0.123 e. The molecule has 0 aromatic heterocycles. The number of hydrogen-bond acceptors (Lipinski definition) is 3. The number of nitrogens with two attached hydrogens (primary N) is 1. The minimum atomic E-state index is 0.0320. The van der Waals surface area contributed by atoms with Gasteiger partial charge in [0, 0.05) is 18.2 Å². The van der Waals surface area contributed by atoms with Gasteiger partial charge in [0.2, 0.25) is 0 Å². The minimum Gasteiger partial charge on any atom is -0.496 e. The van der Waals surface area contributed by atoms with Gasteiger partial charge in [0.1, 0.15) is 5.75 Å². The van der Waals surface area contributed by atoms with Crippen molar-refractivity contribution in [2.75, 3.05) is 26.7 Å². The third kappa shape index (κ3) is 3.95. The van der Waals surface area contributed by atoms with Crippen LogP contribution in [0.15, 0.2) is 24.3 Å². The Morgan fingerprint density at radius 1 is 1.32 bits per heavy atom. The predicted octanol–water partition coefficient (Wildman–Crippen LogP) is 2.82. The van der Waals surface area contributed by atoms with Gasteiger partial charge in [-0.1, -0.05) is 25.1 Å². The summed E-state index contributed by atoms with van der Waals surface area (Å²) in [6.07, 6.45) is 3.93. The Bertz CT molecular complexity index is 394. The van der Waals surface area contributed by atoms with Crippen molar-refractivity contribution >= 4 is 0 Å². The van der Waals surface area contributed by atoms with Crippen molar-refractivity contribution < 1.29 is 4.74 Å². The quantitative estimate of drug-likeness (QED) is 0.907. The molecule has 1 fully saturated rings. The highest BCUT2D eigenvalue weighted by atomic mass is 16.5. The highest BCUT2D eigenvalue weighted by Crippen LogP contribution is 2.25. The summed E-state index contributed by atoms with van der Waals surface area (Å²) in [5.41, 5.74) is 7.48. The van der Waals surface area contributed by atoms with E-state index in [9.17, 15) is 0 Å². The Morgan fingerprint density at radius 2 is 2.11 bits per heavy atom. The standard InChI is InChI=1S/C16H26N2O/c1-13-6-5-10-18(11-9-13)12-15(17)14-7-3-4-8-16(14)19-2/h3-4,7-8,13,15H,5-6,9-12,17H2,1-2H3. The summed E-state index contributed by atoms with van der Waals surface area (Å²) in [6, 6.07) is 8.11. The van der Waals surface area contributed by atoms with Crippen LogP contribution >= 0.6 is 0 Å². The molecule has 1 saturated heterocycles. The van der Waals surface area contributed by atoms with Gasteiger partial charge in [-0.3, -0.25) is 0 Å². The van der Waals surface area contributed by atoms with E-state index in [1.807, 2.05) is 18.2 Å². The van der Waals surface area contributed by atoms with Gasteiger partial charge in [-0.05, 0) is 44.3 Å². The molecular formula is C16H26N2O. The van der Waals surface area contributed by atoms with Crippen LogP contribution in [-0.4, -0.2) is 31.6 Å². The fourth-order valence-electron chi connectivity index (χ4n) is 2.85. The van der Waals surface area contributed by atoms with Crippen molar-refractivity contribution in [3.8, 4) is 5.75 Å². The average Bonchev–Trinajstić information content (AvgIpc) is 2.63. The molecule has 1 aliphatic heterocycles. The molecule has 2 N–H and O–H groups in total. The number of rotatable bonds is 4. The van der Waals surface area contributed by atoms with Crippen LogP contribution in [-0.2, 0) is 0 Å². The first kappa shape index (κ1) is 14.4. The van der Waals surface area contributed by atoms with Crippen molar-refractivity contribution in [1.29, 1.82) is 0 Å². The summed E-state index contributed by atoms with van der Waals surface area (Å²) in [4.78, 5) is 2.50. The summed E-state index contributed by atoms with van der Waals surface area (Å²) in [6.45, 7) is 5.62. The SMILES string of the molecule is COc1ccccc1C(N)CN1CCCC(C)CC1. The van der Waals surface area contributed by atoms with Gasteiger partial charge in [0.25, 0.3) is 0 Å².